The van der Waals surface area contributed by atoms with Crippen molar-refractivity contribution in [2.24, 2.45) is 5.41 Å². The van der Waals surface area contributed by atoms with Gasteiger partial charge in [-0.1, -0.05) is 31.2 Å². The molecule has 2 saturated heterocycles. The molecular weight excluding hydrogens is 527 g/mol. The highest BCUT2D eigenvalue weighted by atomic mass is 32.2. The van der Waals surface area contributed by atoms with Gasteiger partial charge in [0.1, 0.15) is 0 Å². The van der Waals surface area contributed by atoms with Crippen molar-refractivity contribution in [3.63, 3.8) is 0 Å². The number of alkyl halides is 3. The smallest absolute Gasteiger partial charge is 0.380 e. The first-order valence-corrected chi connectivity index (χ1v) is 13.9. The van der Waals surface area contributed by atoms with Crippen molar-refractivity contribution in [2.75, 3.05) is 50.8 Å². The summed E-state index contributed by atoms with van der Waals surface area (Å²) in [4.78, 5) is 2.50. The van der Waals surface area contributed by atoms with Gasteiger partial charge >= 0.3 is 6.18 Å². The lowest BCUT2D eigenvalue weighted by atomic mass is 9.88. The topological polar surface area (TPSA) is 82.1 Å². The van der Waals surface area contributed by atoms with Gasteiger partial charge in [0.15, 0.2) is 5.60 Å². The number of rotatable bonds is 8. The van der Waals surface area contributed by atoms with E-state index in [1.165, 1.54) is 34.6 Å². The zero-order valence-corrected chi connectivity index (χ0v) is 22.4. The maximum absolute atomic E-state index is 13.4. The first-order chi connectivity index (χ1) is 17.2. The van der Waals surface area contributed by atoms with Crippen molar-refractivity contribution in [3.05, 3.63) is 54.1 Å². The highest BCUT2D eigenvalue weighted by molar-refractivity contribution is 7.90. The van der Waals surface area contributed by atoms with E-state index in [4.69, 9.17) is 4.74 Å². The molecule has 2 N–H and O–H groups in total. The van der Waals surface area contributed by atoms with Gasteiger partial charge in [-0.05, 0) is 36.8 Å². The Morgan fingerprint density at radius 2 is 1.78 bits per heavy atom. The molecule has 0 amide bonds. The number of anilines is 1. The number of thiol groups is 1. The second kappa shape index (κ2) is 10.4. The third-order valence-corrected chi connectivity index (χ3v) is 9.54. The van der Waals surface area contributed by atoms with E-state index in [1.807, 2.05) is 4.90 Å². The van der Waals surface area contributed by atoms with Gasteiger partial charge < -0.3 is 20.1 Å². The molecule has 2 aromatic rings. The van der Waals surface area contributed by atoms with Gasteiger partial charge in [0.25, 0.3) is 0 Å². The number of hydrogen-bond donors (Lipinski definition) is 3. The van der Waals surface area contributed by atoms with Crippen molar-refractivity contribution >= 4 is 28.3 Å². The number of aliphatic hydroxyl groups is 1. The first kappa shape index (κ1) is 28.2. The van der Waals surface area contributed by atoms with Gasteiger partial charge in [0, 0.05) is 48.7 Å². The lowest BCUT2D eigenvalue weighted by molar-refractivity contribution is -0.258. The van der Waals surface area contributed by atoms with Crippen LogP contribution in [0.1, 0.15) is 19.4 Å². The van der Waals surface area contributed by atoms with Crippen LogP contribution in [0.4, 0.5) is 18.9 Å². The Morgan fingerprint density at radius 3 is 2.35 bits per heavy atom. The van der Waals surface area contributed by atoms with Gasteiger partial charge in [-0.2, -0.15) is 17.5 Å². The number of nitrogens with zero attached hydrogens (tertiary/aromatic N) is 2. The Bertz CT molecular complexity index is 1200. The maximum atomic E-state index is 13.4. The Labute approximate surface area is 221 Å². The molecule has 0 bridgehead atoms. The molecule has 0 saturated carbocycles. The third kappa shape index (κ3) is 5.79. The maximum Gasteiger partial charge on any atom is 0.421 e. The number of halogens is 3. The summed E-state index contributed by atoms with van der Waals surface area (Å²) in [6.45, 7) is 6.01. The molecule has 2 fully saturated rings. The second-order valence-electron chi connectivity index (χ2n) is 10.2. The van der Waals surface area contributed by atoms with Crippen molar-refractivity contribution in [3.8, 4) is 0 Å². The Balaban J connectivity index is 1.56. The van der Waals surface area contributed by atoms with Crippen LogP contribution in [0.25, 0.3) is 0 Å². The summed E-state index contributed by atoms with van der Waals surface area (Å²) >= 11 is 4.33. The summed E-state index contributed by atoms with van der Waals surface area (Å²) < 4.78 is 73.4. The van der Waals surface area contributed by atoms with E-state index in [0.29, 0.717) is 43.4 Å². The average molecular weight is 560 g/mol. The Kier molecular flexibility index (Phi) is 7.91. The van der Waals surface area contributed by atoms with E-state index in [0.717, 1.165) is 6.92 Å². The monoisotopic (exact) mass is 559 g/mol. The highest BCUT2D eigenvalue weighted by Crippen LogP contribution is 2.39. The van der Waals surface area contributed by atoms with Crippen LogP contribution in [0.2, 0.25) is 0 Å². The molecule has 0 radical (unpaired) electrons. The molecule has 0 spiro atoms. The molecule has 7 nitrogen and oxygen atoms in total. The molecule has 204 valence electrons. The normalized spacial score (nSPS) is 22.4. The molecule has 0 aromatic heterocycles. The molecule has 12 heteroatoms. The predicted octanol–water partition coefficient (Wildman–Crippen LogP) is 3.25. The van der Waals surface area contributed by atoms with Gasteiger partial charge in [0.2, 0.25) is 10.0 Å². The zero-order chi connectivity index (χ0) is 27.1. The fourth-order valence-electron chi connectivity index (χ4n) is 4.61. The van der Waals surface area contributed by atoms with Crippen molar-refractivity contribution in [2.45, 2.75) is 41.5 Å². The molecule has 2 aliphatic rings. The molecule has 1 unspecified atom stereocenters. The molecule has 37 heavy (non-hydrogen) atoms. The predicted molar refractivity (Wildman–Crippen MR) is 137 cm³/mol. The Hall–Kier alpha value is -1.83. The van der Waals surface area contributed by atoms with Crippen molar-refractivity contribution < 1.29 is 31.4 Å². The minimum absolute atomic E-state index is 0.0149. The number of ether oxygens (including phenoxy) is 1. The van der Waals surface area contributed by atoms with Crippen LogP contribution in [-0.2, 0) is 20.4 Å². The van der Waals surface area contributed by atoms with Crippen LogP contribution in [0.3, 0.4) is 0 Å². The van der Waals surface area contributed by atoms with Crippen molar-refractivity contribution in [1.82, 2.24) is 9.62 Å². The van der Waals surface area contributed by atoms with Crippen LogP contribution in [-0.4, -0.2) is 76.0 Å². The van der Waals surface area contributed by atoms with Crippen LogP contribution >= 0.6 is 12.6 Å². The van der Waals surface area contributed by atoms with Crippen LogP contribution in [0.15, 0.2) is 58.3 Å². The fraction of sp³-hybridized carbons (Fsp3) is 0.520. The van der Waals surface area contributed by atoms with E-state index in [9.17, 15) is 26.7 Å². The molecule has 2 aromatic carbocycles. The largest absolute Gasteiger partial charge is 0.421 e. The van der Waals surface area contributed by atoms with Crippen LogP contribution in [0.5, 0.6) is 0 Å². The number of sulfonamides is 1. The van der Waals surface area contributed by atoms with E-state index in [-0.39, 0.29) is 35.0 Å². The summed E-state index contributed by atoms with van der Waals surface area (Å²) in [6, 6.07) is 11.9. The summed E-state index contributed by atoms with van der Waals surface area (Å²) in [5.74, 6) is 0. The Morgan fingerprint density at radius 1 is 1.14 bits per heavy atom. The van der Waals surface area contributed by atoms with E-state index in [2.05, 4.69) is 24.9 Å². The molecule has 2 atom stereocenters. The standard InChI is InChI=1S/C25H32F3N3O4S2/c1-23(16-35-17-23)15-29-13-20-14-30(37(33,34)22-6-4-3-5-21(22)36)11-12-31(20)19-9-7-18(8-10-19)24(2,32)25(26,27)28/h3-10,20,29,32,36H,11-17H2,1-2H3/t20-,24?/m0/s1. The average Bonchev–Trinajstić information content (AvgIpc) is 2.82. The molecule has 0 aliphatic carbocycles. The lowest BCUT2D eigenvalue weighted by Gasteiger charge is -2.43. The van der Waals surface area contributed by atoms with Gasteiger partial charge in [-0.3, -0.25) is 0 Å². The van der Waals surface area contributed by atoms with Gasteiger partial charge in [0.05, 0.1) is 24.2 Å². The number of piperazine rings is 1. The van der Waals surface area contributed by atoms with E-state index in [1.54, 1.807) is 18.2 Å². The number of nitrogens with one attached hydrogen (secondary N) is 1. The number of benzene rings is 2. The fourth-order valence-corrected chi connectivity index (χ4v) is 6.67. The molecule has 2 heterocycles. The third-order valence-electron chi connectivity index (χ3n) is 7.07. The van der Waals surface area contributed by atoms with Gasteiger partial charge in [-0.25, -0.2) is 8.42 Å². The zero-order valence-electron chi connectivity index (χ0n) is 20.7. The van der Waals surface area contributed by atoms with Crippen molar-refractivity contribution in [1.29, 1.82) is 0 Å². The summed E-state index contributed by atoms with van der Waals surface area (Å²) in [6.07, 6.45) is -4.81. The summed E-state index contributed by atoms with van der Waals surface area (Å²) in [5, 5.41) is 13.4. The highest BCUT2D eigenvalue weighted by Gasteiger charge is 2.51. The molecular formula is C25H32F3N3O4S2. The van der Waals surface area contributed by atoms with E-state index < -0.39 is 21.8 Å². The van der Waals surface area contributed by atoms with Gasteiger partial charge in [-0.15, -0.1) is 12.6 Å². The minimum Gasteiger partial charge on any atom is -0.380 e. The first-order valence-electron chi connectivity index (χ1n) is 12.0. The molecule has 4 rings (SSSR count). The van der Waals surface area contributed by atoms with Crippen LogP contribution < -0.4 is 10.2 Å². The quantitative estimate of drug-likeness (QED) is 0.431. The second-order valence-corrected chi connectivity index (χ2v) is 12.6. The lowest BCUT2D eigenvalue weighted by Crippen LogP contribution is -2.59. The summed E-state index contributed by atoms with van der Waals surface area (Å²) in [7, 11) is -3.80. The minimum atomic E-state index is -4.81. The van der Waals surface area contributed by atoms with E-state index >= 15 is 0 Å². The molecule has 2 aliphatic heterocycles. The summed E-state index contributed by atoms with van der Waals surface area (Å²) in [5.41, 5.74) is -2.57. The SMILES string of the molecule is CC1(CNC[C@H]2CN(S(=O)(=O)c3ccccc3S)CCN2c2ccc(C(C)(O)C(F)(F)F)cc2)COC1. The number of hydrogen-bond acceptors (Lipinski definition) is 7. The van der Waals surface area contributed by atoms with Crippen LogP contribution in [0, 0.1) is 5.41 Å².